The van der Waals surface area contributed by atoms with Gasteiger partial charge in [0.1, 0.15) is 5.82 Å². The van der Waals surface area contributed by atoms with Gasteiger partial charge in [-0.3, -0.25) is 9.78 Å². The van der Waals surface area contributed by atoms with Crippen molar-refractivity contribution >= 4 is 17.7 Å². The first kappa shape index (κ1) is 30.5. The third kappa shape index (κ3) is 12.8. The largest absolute Gasteiger partial charge is 0.474 e. The average Bonchev–Trinajstić information content (AvgIpc) is 3.62. The van der Waals surface area contributed by atoms with Crippen molar-refractivity contribution in [3.8, 4) is 5.88 Å². The monoisotopic (exact) mass is 494 g/mol. The minimum Gasteiger partial charge on any atom is -0.474 e. The lowest BCUT2D eigenvalue weighted by Crippen LogP contribution is -2.32. The Morgan fingerprint density at radius 2 is 1.86 bits per heavy atom. The SMILES string of the molecule is C=C(/C=C\C(=C/C)c1cncc(OC(C)C)n1)NC=O.C=C(/N=C(\C=C/C)C(C)(C)C)NNC1CC1. The van der Waals surface area contributed by atoms with Gasteiger partial charge in [0, 0.05) is 22.9 Å². The summed E-state index contributed by atoms with van der Waals surface area (Å²) < 4.78 is 5.51. The van der Waals surface area contributed by atoms with E-state index in [1.807, 2.05) is 52.0 Å². The van der Waals surface area contributed by atoms with Gasteiger partial charge in [0.25, 0.3) is 0 Å². The van der Waals surface area contributed by atoms with Crippen LogP contribution >= 0.6 is 0 Å². The van der Waals surface area contributed by atoms with E-state index in [-0.39, 0.29) is 11.5 Å². The lowest BCUT2D eigenvalue weighted by atomic mass is 9.89. The number of carbonyl (C=O) groups is 1. The first-order valence-corrected chi connectivity index (χ1v) is 12.1. The molecule has 0 radical (unpaired) electrons. The second-order valence-electron chi connectivity index (χ2n) is 9.51. The van der Waals surface area contributed by atoms with Gasteiger partial charge in [0.2, 0.25) is 12.3 Å². The third-order valence-electron chi connectivity index (χ3n) is 4.63. The maximum Gasteiger partial charge on any atom is 0.233 e. The van der Waals surface area contributed by atoms with E-state index in [4.69, 9.17) is 4.74 Å². The smallest absolute Gasteiger partial charge is 0.233 e. The fourth-order valence-electron chi connectivity index (χ4n) is 2.63. The number of aromatic nitrogens is 2. The maximum absolute atomic E-state index is 10.3. The number of hydrazine groups is 1. The molecule has 0 aromatic carbocycles. The summed E-state index contributed by atoms with van der Waals surface area (Å²) in [6.07, 6.45) is 15.8. The van der Waals surface area contributed by atoms with Crippen LogP contribution in [0, 0.1) is 5.41 Å². The number of aliphatic imine (C=N–C) groups is 1. The van der Waals surface area contributed by atoms with E-state index in [0.717, 1.165) is 11.3 Å². The predicted octanol–water partition coefficient (Wildman–Crippen LogP) is 5.26. The maximum atomic E-state index is 10.3. The molecule has 0 saturated heterocycles. The Kier molecular flexibility index (Phi) is 13.1. The Bertz CT molecular complexity index is 996. The molecule has 0 unspecified atom stereocenters. The summed E-state index contributed by atoms with van der Waals surface area (Å²) in [6, 6.07) is 0.603. The van der Waals surface area contributed by atoms with E-state index in [2.05, 4.69) is 65.1 Å². The summed E-state index contributed by atoms with van der Waals surface area (Å²) in [6.45, 7) is 21.8. The molecule has 0 atom stereocenters. The fraction of sp³-hybridized carbons (Fsp3) is 0.429. The summed E-state index contributed by atoms with van der Waals surface area (Å²) >= 11 is 0. The molecule has 0 aliphatic heterocycles. The van der Waals surface area contributed by atoms with Gasteiger partial charge in [-0.1, -0.05) is 52.2 Å². The van der Waals surface area contributed by atoms with Crippen molar-refractivity contribution in [2.45, 2.75) is 73.5 Å². The Labute approximate surface area is 216 Å². The van der Waals surface area contributed by atoms with E-state index in [1.54, 1.807) is 18.5 Å². The summed E-state index contributed by atoms with van der Waals surface area (Å²) in [5.41, 5.74) is 9.34. The molecule has 3 N–H and O–H groups in total. The van der Waals surface area contributed by atoms with Crippen LogP contribution in [0.25, 0.3) is 5.57 Å². The van der Waals surface area contributed by atoms with Gasteiger partial charge in [-0.2, -0.15) is 0 Å². The molecular formula is C28H42N6O2. The minimum atomic E-state index is 0.0384. The van der Waals surface area contributed by atoms with Crippen molar-refractivity contribution < 1.29 is 9.53 Å². The quantitative estimate of drug-likeness (QED) is 0.159. The summed E-state index contributed by atoms with van der Waals surface area (Å²) in [4.78, 5) is 23.3. The van der Waals surface area contributed by atoms with Gasteiger partial charge in [0.15, 0.2) is 0 Å². The zero-order chi connectivity index (χ0) is 27.1. The molecule has 1 aromatic heterocycles. The summed E-state index contributed by atoms with van der Waals surface area (Å²) in [7, 11) is 0. The number of allylic oxidation sites excluding steroid dienone is 6. The highest BCUT2D eigenvalue weighted by atomic mass is 16.5. The van der Waals surface area contributed by atoms with Crippen LogP contribution in [-0.4, -0.2) is 34.2 Å². The molecule has 1 saturated carbocycles. The van der Waals surface area contributed by atoms with Crippen LogP contribution in [0.15, 0.2) is 72.4 Å². The molecule has 2 rings (SSSR count). The number of nitrogens with zero attached hydrogens (tertiary/aromatic N) is 3. The second-order valence-corrected chi connectivity index (χ2v) is 9.51. The zero-order valence-electron chi connectivity index (χ0n) is 22.8. The Morgan fingerprint density at radius 3 is 2.39 bits per heavy atom. The van der Waals surface area contributed by atoms with Crippen LogP contribution in [-0.2, 0) is 4.79 Å². The van der Waals surface area contributed by atoms with Crippen LogP contribution in [0.2, 0.25) is 0 Å². The Morgan fingerprint density at radius 1 is 1.17 bits per heavy atom. The Balaban J connectivity index is 0.000000369. The molecule has 0 spiro atoms. The highest BCUT2D eigenvalue weighted by molar-refractivity contribution is 5.99. The van der Waals surface area contributed by atoms with Crippen LogP contribution in [0.5, 0.6) is 5.88 Å². The molecule has 8 heteroatoms. The number of hydrogen-bond donors (Lipinski definition) is 3. The molecule has 1 amide bonds. The number of hydrogen-bond acceptors (Lipinski definition) is 7. The van der Waals surface area contributed by atoms with Crippen LogP contribution < -0.4 is 20.9 Å². The van der Waals surface area contributed by atoms with Gasteiger partial charge in [0.05, 0.1) is 24.2 Å². The van der Waals surface area contributed by atoms with E-state index in [0.29, 0.717) is 35.5 Å². The van der Waals surface area contributed by atoms with Crippen molar-refractivity contribution in [1.82, 2.24) is 26.1 Å². The minimum absolute atomic E-state index is 0.0384. The number of rotatable bonds is 12. The number of nitrogens with one attached hydrogen (secondary N) is 3. The van der Waals surface area contributed by atoms with Crippen LogP contribution in [0.4, 0.5) is 0 Å². The van der Waals surface area contributed by atoms with Gasteiger partial charge >= 0.3 is 0 Å². The first-order valence-electron chi connectivity index (χ1n) is 12.1. The van der Waals surface area contributed by atoms with Gasteiger partial charge < -0.3 is 15.5 Å². The molecule has 1 aliphatic carbocycles. The van der Waals surface area contributed by atoms with Crippen LogP contribution in [0.3, 0.4) is 0 Å². The van der Waals surface area contributed by atoms with Crippen LogP contribution in [0.1, 0.15) is 67.0 Å². The zero-order valence-corrected chi connectivity index (χ0v) is 22.8. The van der Waals surface area contributed by atoms with E-state index < -0.39 is 0 Å². The second kappa shape index (κ2) is 15.5. The van der Waals surface area contributed by atoms with Crippen molar-refractivity contribution in [2.24, 2.45) is 10.4 Å². The van der Waals surface area contributed by atoms with Gasteiger partial charge in [-0.05, 0) is 58.3 Å². The van der Waals surface area contributed by atoms with E-state index in [9.17, 15) is 4.79 Å². The lowest BCUT2D eigenvalue weighted by Gasteiger charge is -2.19. The lowest BCUT2D eigenvalue weighted by molar-refractivity contribution is -0.108. The molecule has 1 fully saturated rings. The Hall–Kier alpha value is -3.52. The normalized spacial score (nSPS) is 14.4. The van der Waals surface area contributed by atoms with E-state index >= 15 is 0 Å². The van der Waals surface area contributed by atoms with Crippen molar-refractivity contribution in [3.63, 3.8) is 0 Å². The van der Waals surface area contributed by atoms with Crippen molar-refractivity contribution in [3.05, 3.63) is 73.1 Å². The molecule has 36 heavy (non-hydrogen) atoms. The molecule has 0 bridgehead atoms. The summed E-state index contributed by atoms with van der Waals surface area (Å²) in [5, 5.41) is 2.46. The molecular weight excluding hydrogens is 452 g/mol. The van der Waals surface area contributed by atoms with Gasteiger partial charge in [-0.25, -0.2) is 15.4 Å². The van der Waals surface area contributed by atoms with E-state index in [1.165, 1.54) is 12.8 Å². The topological polar surface area (TPSA) is 101 Å². The van der Waals surface area contributed by atoms with Crippen molar-refractivity contribution in [1.29, 1.82) is 0 Å². The summed E-state index contributed by atoms with van der Waals surface area (Å²) in [5.74, 6) is 1.16. The molecule has 8 nitrogen and oxygen atoms in total. The average molecular weight is 495 g/mol. The molecule has 196 valence electrons. The fourth-order valence-corrected chi connectivity index (χ4v) is 2.63. The highest BCUT2D eigenvalue weighted by Gasteiger charge is 2.21. The van der Waals surface area contributed by atoms with Gasteiger partial charge in [-0.15, -0.1) is 0 Å². The molecule has 1 aliphatic rings. The number of carbonyl (C=O) groups excluding carboxylic acids is 1. The molecule has 1 heterocycles. The highest BCUT2D eigenvalue weighted by Crippen LogP contribution is 2.20. The predicted molar refractivity (Wildman–Crippen MR) is 149 cm³/mol. The number of amides is 1. The molecule has 1 aromatic rings. The first-order chi connectivity index (χ1) is 17.0. The number of ether oxygens (including phenoxy) is 1. The standard InChI is InChI=1S/C15H19N3O2.C13H23N3/c1-5-13(7-6-12(4)17-10-19)14-8-16-9-15(18-14)20-11(2)3;1-6-7-12(13(3,4)5)14-10(2)15-16-11-8-9-11/h5-11H,4H2,1-3H3,(H,17,19);6-7,11,15-16H,2,8-9H2,1,3-5H3/b7-6-,13-5+;7-6-,14-12+. The van der Waals surface area contributed by atoms with Crippen molar-refractivity contribution in [2.75, 3.05) is 0 Å². The third-order valence-corrected chi connectivity index (χ3v) is 4.63.